The van der Waals surface area contributed by atoms with Crippen LogP contribution in [0.4, 0.5) is 10.1 Å². The standard InChI is InChI=1S/C19H25FN6O2S2/c1-25-8-10-26(11-9-25)7-6-21-16(27)12-29-13-17-23-24-19(30-17)18(28)22-15-4-2-14(20)3-5-15/h2-5H,6-13H2,1H3,(H,21,27)(H,22,28). The molecule has 1 aromatic carbocycles. The van der Waals surface area contributed by atoms with E-state index in [1.54, 1.807) is 0 Å². The van der Waals surface area contributed by atoms with Crippen LogP contribution in [-0.4, -0.2) is 83.9 Å². The first-order valence-corrected chi connectivity index (χ1v) is 11.6. The molecule has 30 heavy (non-hydrogen) atoms. The highest BCUT2D eigenvalue weighted by molar-refractivity contribution is 7.99. The third kappa shape index (κ3) is 7.31. The fraction of sp³-hybridized carbons (Fsp3) is 0.474. The molecule has 2 amide bonds. The molecule has 1 aromatic heterocycles. The Morgan fingerprint density at radius 2 is 1.90 bits per heavy atom. The van der Waals surface area contributed by atoms with Crippen LogP contribution in [0.5, 0.6) is 0 Å². The first kappa shape index (κ1) is 22.6. The lowest BCUT2D eigenvalue weighted by Gasteiger charge is -2.32. The molecule has 1 fully saturated rings. The van der Waals surface area contributed by atoms with Gasteiger partial charge in [-0.2, -0.15) is 0 Å². The Kier molecular flexibility index (Phi) is 8.55. The van der Waals surface area contributed by atoms with Gasteiger partial charge < -0.3 is 15.5 Å². The fourth-order valence-electron chi connectivity index (χ4n) is 2.83. The Hall–Kier alpha value is -2.08. The van der Waals surface area contributed by atoms with Gasteiger partial charge in [0, 0.05) is 50.7 Å². The van der Waals surface area contributed by atoms with E-state index < -0.39 is 5.91 Å². The molecular weight excluding hydrogens is 427 g/mol. The summed E-state index contributed by atoms with van der Waals surface area (Å²) in [4.78, 5) is 28.8. The summed E-state index contributed by atoms with van der Waals surface area (Å²) >= 11 is 2.61. The van der Waals surface area contributed by atoms with Gasteiger partial charge in [-0.05, 0) is 31.3 Å². The molecule has 162 valence electrons. The van der Waals surface area contributed by atoms with Crippen molar-refractivity contribution in [2.24, 2.45) is 0 Å². The van der Waals surface area contributed by atoms with Crippen LogP contribution in [0.1, 0.15) is 14.8 Å². The molecule has 1 saturated heterocycles. The number of likely N-dealkylation sites (N-methyl/N-ethyl adjacent to an activating group) is 1. The van der Waals surface area contributed by atoms with Gasteiger partial charge in [-0.3, -0.25) is 14.5 Å². The summed E-state index contributed by atoms with van der Waals surface area (Å²) in [6.45, 7) is 5.72. The minimum atomic E-state index is -0.392. The lowest BCUT2D eigenvalue weighted by molar-refractivity contribution is -0.118. The zero-order valence-electron chi connectivity index (χ0n) is 16.8. The molecule has 11 heteroatoms. The van der Waals surface area contributed by atoms with Crippen molar-refractivity contribution in [2.75, 3.05) is 57.4 Å². The van der Waals surface area contributed by atoms with Crippen molar-refractivity contribution in [3.05, 3.63) is 40.1 Å². The number of hydrogen-bond donors (Lipinski definition) is 2. The predicted molar refractivity (Wildman–Crippen MR) is 117 cm³/mol. The van der Waals surface area contributed by atoms with Gasteiger partial charge in [-0.25, -0.2) is 4.39 Å². The van der Waals surface area contributed by atoms with E-state index >= 15 is 0 Å². The summed E-state index contributed by atoms with van der Waals surface area (Å²) in [6, 6.07) is 5.50. The van der Waals surface area contributed by atoms with Gasteiger partial charge in [0.15, 0.2) is 0 Å². The number of piperazine rings is 1. The Labute approximate surface area is 183 Å². The molecule has 0 aliphatic carbocycles. The van der Waals surface area contributed by atoms with Crippen LogP contribution >= 0.6 is 23.1 Å². The molecule has 0 bridgehead atoms. The highest BCUT2D eigenvalue weighted by Gasteiger charge is 2.15. The van der Waals surface area contributed by atoms with Gasteiger partial charge >= 0.3 is 0 Å². The van der Waals surface area contributed by atoms with Crippen molar-refractivity contribution < 1.29 is 14.0 Å². The number of anilines is 1. The summed E-state index contributed by atoms with van der Waals surface area (Å²) in [5.74, 6) is 0.0730. The molecule has 0 unspecified atom stereocenters. The maximum absolute atomic E-state index is 12.9. The molecule has 2 aromatic rings. The second-order valence-electron chi connectivity index (χ2n) is 6.95. The highest BCUT2D eigenvalue weighted by Crippen LogP contribution is 2.18. The van der Waals surface area contributed by atoms with Crippen molar-refractivity contribution >= 4 is 40.6 Å². The molecule has 3 rings (SSSR count). The highest BCUT2D eigenvalue weighted by atomic mass is 32.2. The van der Waals surface area contributed by atoms with Gasteiger partial charge in [0.05, 0.1) is 5.75 Å². The number of rotatable bonds is 9. The van der Waals surface area contributed by atoms with Crippen molar-refractivity contribution in [3.63, 3.8) is 0 Å². The fourth-order valence-corrected chi connectivity index (χ4v) is 4.47. The Morgan fingerprint density at radius 3 is 2.63 bits per heavy atom. The number of hydrogen-bond acceptors (Lipinski definition) is 8. The molecule has 0 atom stereocenters. The SMILES string of the molecule is CN1CCN(CCNC(=O)CSCc2nnc(C(=O)Nc3ccc(F)cc3)s2)CC1. The third-order valence-electron chi connectivity index (χ3n) is 4.57. The summed E-state index contributed by atoms with van der Waals surface area (Å²) < 4.78 is 12.9. The van der Waals surface area contributed by atoms with Gasteiger partial charge in [0.25, 0.3) is 5.91 Å². The van der Waals surface area contributed by atoms with Crippen molar-refractivity contribution in [1.82, 2.24) is 25.3 Å². The second kappa shape index (κ2) is 11.3. The smallest absolute Gasteiger partial charge is 0.286 e. The van der Waals surface area contributed by atoms with Crippen LogP contribution in [0.15, 0.2) is 24.3 Å². The van der Waals surface area contributed by atoms with Crippen molar-refractivity contribution in [3.8, 4) is 0 Å². The van der Waals surface area contributed by atoms with Crippen LogP contribution in [0.3, 0.4) is 0 Å². The molecule has 8 nitrogen and oxygen atoms in total. The molecule has 0 spiro atoms. The largest absolute Gasteiger partial charge is 0.354 e. The summed E-state index contributed by atoms with van der Waals surface area (Å²) in [7, 11) is 2.12. The molecule has 0 radical (unpaired) electrons. The number of benzene rings is 1. The minimum absolute atomic E-state index is 0.00656. The number of amides is 2. The molecule has 0 saturated carbocycles. The molecule has 2 N–H and O–H groups in total. The molecule has 1 aliphatic rings. The number of aromatic nitrogens is 2. The average Bonchev–Trinajstić information content (AvgIpc) is 3.20. The third-order valence-corrected chi connectivity index (χ3v) is 6.62. The lowest BCUT2D eigenvalue weighted by Crippen LogP contribution is -2.47. The van der Waals surface area contributed by atoms with Crippen molar-refractivity contribution in [2.45, 2.75) is 5.75 Å². The van der Waals surface area contributed by atoms with E-state index in [2.05, 4.69) is 37.7 Å². The van der Waals surface area contributed by atoms with E-state index in [1.165, 1.54) is 47.4 Å². The number of nitrogens with one attached hydrogen (secondary N) is 2. The topological polar surface area (TPSA) is 90.5 Å². The Balaban J connectivity index is 1.32. The number of nitrogens with zero attached hydrogens (tertiary/aromatic N) is 4. The Morgan fingerprint density at radius 1 is 1.17 bits per heavy atom. The second-order valence-corrected chi connectivity index (χ2v) is 9.00. The minimum Gasteiger partial charge on any atom is -0.354 e. The lowest BCUT2D eigenvalue weighted by atomic mass is 10.3. The summed E-state index contributed by atoms with van der Waals surface area (Å²) in [5.41, 5.74) is 0.487. The number of halogens is 1. The maximum atomic E-state index is 12.9. The van der Waals surface area contributed by atoms with Crippen LogP contribution < -0.4 is 10.6 Å². The first-order chi connectivity index (χ1) is 14.5. The van der Waals surface area contributed by atoms with Gasteiger partial charge in [-0.1, -0.05) is 11.3 Å². The molecule has 2 heterocycles. The Bertz CT molecular complexity index is 840. The number of carbonyl (C=O) groups excluding carboxylic acids is 2. The van der Waals surface area contributed by atoms with Crippen LogP contribution in [-0.2, 0) is 10.5 Å². The zero-order valence-corrected chi connectivity index (χ0v) is 18.4. The average molecular weight is 453 g/mol. The number of carbonyl (C=O) groups is 2. The van der Waals surface area contributed by atoms with Gasteiger partial charge in [-0.15, -0.1) is 22.0 Å². The summed E-state index contributed by atoms with van der Waals surface area (Å²) in [6.07, 6.45) is 0. The van der Waals surface area contributed by atoms with Crippen LogP contribution in [0.2, 0.25) is 0 Å². The van der Waals surface area contributed by atoms with Crippen LogP contribution in [0, 0.1) is 5.82 Å². The maximum Gasteiger partial charge on any atom is 0.286 e. The van der Waals surface area contributed by atoms with E-state index in [1.807, 2.05) is 0 Å². The van der Waals surface area contributed by atoms with E-state index in [9.17, 15) is 14.0 Å². The summed E-state index contributed by atoms with van der Waals surface area (Å²) in [5, 5.41) is 14.4. The molecule has 1 aliphatic heterocycles. The zero-order chi connectivity index (χ0) is 21.3. The monoisotopic (exact) mass is 452 g/mol. The van der Waals surface area contributed by atoms with Gasteiger partial charge in [0.1, 0.15) is 10.8 Å². The normalized spacial score (nSPS) is 15.1. The van der Waals surface area contributed by atoms with E-state index in [-0.39, 0.29) is 16.7 Å². The van der Waals surface area contributed by atoms with E-state index in [0.717, 1.165) is 32.7 Å². The number of thioether (sulfide) groups is 1. The molecular formula is C19H25FN6O2S2. The van der Waals surface area contributed by atoms with Crippen molar-refractivity contribution in [1.29, 1.82) is 0 Å². The first-order valence-electron chi connectivity index (χ1n) is 9.64. The quantitative estimate of drug-likeness (QED) is 0.596. The predicted octanol–water partition coefficient (Wildman–Crippen LogP) is 1.53. The van der Waals surface area contributed by atoms with E-state index in [4.69, 9.17) is 0 Å². The van der Waals surface area contributed by atoms with Gasteiger partial charge in [0.2, 0.25) is 10.9 Å². The van der Waals surface area contributed by atoms with Crippen LogP contribution in [0.25, 0.3) is 0 Å². The van der Waals surface area contributed by atoms with E-state index in [0.29, 0.717) is 28.7 Å².